The fourth-order valence-electron chi connectivity index (χ4n) is 1.92. The average Bonchev–Trinajstić information content (AvgIpc) is 2.50. The first kappa shape index (κ1) is 10.3. The van der Waals surface area contributed by atoms with E-state index < -0.39 is 24.3 Å². The Balaban J connectivity index is 2.00. The summed E-state index contributed by atoms with van der Waals surface area (Å²) in [6, 6.07) is 0. The maximum absolute atomic E-state index is 9.78. The van der Waals surface area contributed by atoms with Crippen LogP contribution in [-0.2, 0) is 14.2 Å². The van der Waals surface area contributed by atoms with Crippen LogP contribution in [0.4, 0.5) is 0 Å². The standard InChI is InChI=1S/C9H16O5/c1-9(2)13-7-6(11)5(3-4-10)12-8(7)14-9/h5-8,10-11H,3-4H2,1-2H3/t5-,6?,7+,8-/m1/s1. The summed E-state index contributed by atoms with van der Waals surface area (Å²) < 4.78 is 16.3. The highest BCUT2D eigenvalue weighted by Crippen LogP contribution is 2.37. The van der Waals surface area contributed by atoms with Gasteiger partial charge in [-0.15, -0.1) is 0 Å². The third-order valence-electron chi connectivity index (χ3n) is 2.53. The normalized spacial score (nSPS) is 45.4. The summed E-state index contributed by atoms with van der Waals surface area (Å²) in [6.07, 6.45) is -1.63. The third kappa shape index (κ3) is 1.66. The van der Waals surface area contributed by atoms with Crippen LogP contribution in [0.1, 0.15) is 20.3 Å². The summed E-state index contributed by atoms with van der Waals surface area (Å²) in [4.78, 5) is 0. The molecule has 0 amide bonds. The second-order valence-corrected chi connectivity index (χ2v) is 4.15. The van der Waals surface area contributed by atoms with Gasteiger partial charge in [-0.2, -0.15) is 0 Å². The van der Waals surface area contributed by atoms with Crippen LogP contribution in [0.3, 0.4) is 0 Å². The molecule has 2 rings (SSSR count). The largest absolute Gasteiger partial charge is 0.396 e. The number of rotatable bonds is 2. The van der Waals surface area contributed by atoms with Gasteiger partial charge in [0, 0.05) is 6.61 Å². The Kier molecular flexibility index (Phi) is 2.53. The van der Waals surface area contributed by atoms with E-state index in [-0.39, 0.29) is 12.7 Å². The molecule has 2 N–H and O–H groups in total. The molecule has 0 aromatic heterocycles. The molecule has 82 valence electrons. The molecular formula is C9H16O5. The van der Waals surface area contributed by atoms with Gasteiger partial charge in [-0.1, -0.05) is 0 Å². The van der Waals surface area contributed by atoms with E-state index in [1.54, 1.807) is 13.8 Å². The molecule has 0 radical (unpaired) electrons. The SMILES string of the molecule is CC1(C)O[C@H]2O[C@H](CCO)C(O)[C@@H]2O1. The number of hydrogen-bond donors (Lipinski definition) is 2. The predicted molar refractivity (Wildman–Crippen MR) is 46.4 cm³/mol. The van der Waals surface area contributed by atoms with E-state index in [0.29, 0.717) is 6.42 Å². The van der Waals surface area contributed by atoms with Gasteiger partial charge in [-0.3, -0.25) is 0 Å². The molecular weight excluding hydrogens is 188 g/mol. The van der Waals surface area contributed by atoms with Crippen LogP contribution < -0.4 is 0 Å². The highest BCUT2D eigenvalue weighted by atomic mass is 16.8. The quantitative estimate of drug-likeness (QED) is 0.641. The van der Waals surface area contributed by atoms with Gasteiger partial charge in [0.15, 0.2) is 12.1 Å². The average molecular weight is 204 g/mol. The lowest BCUT2D eigenvalue weighted by molar-refractivity contribution is -0.216. The minimum absolute atomic E-state index is 0.00937. The number of hydrogen-bond acceptors (Lipinski definition) is 5. The summed E-state index contributed by atoms with van der Waals surface area (Å²) in [7, 11) is 0. The van der Waals surface area contributed by atoms with Crippen molar-refractivity contribution in [1.29, 1.82) is 0 Å². The molecule has 5 nitrogen and oxygen atoms in total. The van der Waals surface area contributed by atoms with Gasteiger partial charge in [0.25, 0.3) is 0 Å². The van der Waals surface area contributed by atoms with E-state index in [0.717, 1.165) is 0 Å². The van der Waals surface area contributed by atoms with Crippen molar-refractivity contribution in [3.63, 3.8) is 0 Å². The molecule has 0 bridgehead atoms. The van der Waals surface area contributed by atoms with E-state index in [1.807, 2.05) is 0 Å². The van der Waals surface area contributed by atoms with Crippen LogP contribution in [0, 0.1) is 0 Å². The van der Waals surface area contributed by atoms with Crippen LogP contribution >= 0.6 is 0 Å². The zero-order valence-corrected chi connectivity index (χ0v) is 8.34. The highest BCUT2D eigenvalue weighted by Gasteiger charge is 2.53. The molecule has 2 aliphatic heterocycles. The summed E-state index contributed by atoms with van der Waals surface area (Å²) in [6.45, 7) is 3.55. The smallest absolute Gasteiger partial charge is 0.190 e. The number of ether oxygens (including phenoxy) is 3. The van der Waals surface area contributed by atoms with Crippen LogP contribution in [-0.4, -0.2) is 47.2 Å². The Hall–Kier alpha value is -0.200. The van der Waals surface area contributed by atoms with Crippen molar-refractivity contribution in [3.8, 4) is 0 Å². The molecule has 0 aliphatic carbocycles. The maximum atomic E-state index is 9.78. The van der Waals surface area contributed by atoms with E-state index in [2.05, 4.69) is 0 Å². The van der Waals surface area contributed by atoms with Crippen molar-refractivity contribution in [2.75, 3.05) is 6.61 Å². The second kappa shape index (κ2) is 3.43. The molecule has 1 unspecified atom stereocenters. The van der Waals surface area contributed by atoms with Gasteiger partial charge in [0.05, 0.1) is 6.10 Å². The van der Waals surface area contributed by atoms with Crippen LogP contribution in [0.5, 0.6) is 0 Å². The van der Waals surface area contributed by atoms with Gasteiger partial charge in [0.1, 0.15) is 12.2 Å². The van der Waals surface area contributed by atoms with Crippen molar-refractivity contribution in [1.82, 2.24) is 0 Å². The van der Waals surface area contributed by atoms with Gasteiger partial charge >= 0.3 is 0 Å². The van der Waals surface area contributed by atoms with E-state index in [4.69, 9.17) is 19.3 Å². The molecule has 2 aliphatic rings. The van der Waals surface area contributed by atoms with Crippen molar-refractivity contribution in [3.05, 3.63) is 0 Å². The molecule has 0 saturated carbocycles. The third-order valence-corrected chi connectivity index (χ3v) is 2.53. The Bertz CT molecular complexity index is 217. The van der Waals surface area contributed by atoms with Crippen molar-refractivity contribution < 1.29 is 24.4 Å². The molecule has 0 aromatic carbocycles. The minimum atomic E-state index is -0.714. The van der Waals surface area contributed by atoms with Crippen LogP contribution in [0.25, 0.3) is 0 Å². The molecule has 2 saturated heterocycles. The Morgan fingerprint density at radius 1 is 1.29 bits per heavy atom. The maximum Gasteiger partial charge on any atom is 0.190 e. The first-order chi connectivity index (χ1) is 6.53. The van der Waals surface area contributed by atoms with E-state index in [1.165, 1.54) is 0 Å². The first-order valence-corrected chi connectivity index (χ1v) is 4.83. The Labute approximate surface area is 82.6 Å². The molecule has 2 heterocycles. The fourth-order valence-corrected chi connectivity index (χ4v) is 1.92. The topological polar surface area (TPSA) is 68.2 Å². The minimum Gasteiger partial charge on any atom is -0.396 e. The lowest BCUT2D eigenvalue weighted by Gasteiger charge is -2.22. The van der Waals surface area contributed by atoms with E-state index >= 15 is 0 Å². The molecule has 14 heavy (non-hydrogen) atoms. The lowest BCUT2D eigenvalue weighted by Crippen LogP contribution is -2.34. The number of fused-ring (bicyclic) bond motifs is 1. The molecule has 0 spiro atoms. The lowest BCUT2D eigenvalue weighted by atomic mass is 10.1. The van der Waals surface area contributed by atoms with Gasteiger partial charge in [-0.25, -0.2) is 0 Å². The summed E-state index contributed by atoms with van der Waals surface area (Å²) in [5.41, 5.74) is 0. The molecule has 5 heteroatoms. The number of aliphatic hydroxyl groups excluding tert-OH is 2. The molecule has 0 aromatic rings. The predicted octanol–water partition coefficient (Wildman–Crippen LogP) is -0.394. The van der Waals surface area contributed by atoms with Crippen molar-refractivity contribution in [2.24, 2.45) is 0 Å². The monoisotopic (exact) mass is 204 g/mol. The van der Waals surface area contributed by atoms with Crippen LogP contribution in [0.15, 0.2) is 0 Å². The van der Waals surface area contributed by atoms with Gasteiger partial charge < -0.3 is 24.4 Å². The summed E-state index contributed by atoms with van der Waals surface area (Å²) >= 11 is 0. The second-order valence-electron chi connectivity index (χ2n) is 4.15. The zero-order valence-electron chi connectivity index (χ0n) is 8.34. The Morgan fingerprint density at radius 3 is 2.57 bits per heavy atom. The zero-order chi connectivity index (χ0) is 10.3. The van der Waals surface area contributed by atoms with E-state index in [9.17, 15) is 5.11 Å². The Morgan fingerprint density at radius 2 is 2.00 bits per heavy atom. The first-order valence-electron chi connectivity index (χ1n) is 4.83. The summed E-state index contributed by atoms with van der Waals surface area (Å²) in [5.74, 6) is -0.694. The van der Waals surface area contributed by atoms with Gasteiger partial charge in [-0.05, 0) is 20.3 Å². The number of aliphatic hydroxyl groups is 2. The molecule has 2 fully saturated rings. The molecule has 4 atom stereocenters. The summed E-state index contributed by atoms with van der Waals surface area (Å²) in [5, 5.41) is 18.5. The van der Waals surface area contributed by atoms with Crippen LogP contribution in [0.2, 0.25) is 0 Å². The van der Waals surface area contributed by atoms with Gasteiger partial charge in [0.2, 0.25) is 0 Å². The van der Waals surface area contributed by atoms with Crippen molar-refractivity contribution in [2.45, 2.75) is 50.7 Å². The fraction of sp³-hybridized carbons (Fsp3) is 1.00. The highest BCUT2D eigenvalue weighted by molar-refractivity contribution is 4.92. The van der Waals surface area contributed by atoms with Crippen molar-refractivity contribution >= 4 is 0 Å².